The topological polar surface area (TPSA) is 52.4 Å². The monoisotopic (exact) mass is 352 g/mol. The molecule has 26 heavy (non-hydrogen) atoms. The van der Waals surface area contributed by atoms with E-state index < -0.39 is 0 Å². The predicted molar refractivity (Wildman–Crippen MR) is 102 cm³/mol. The number of nitrogens with zero attached hydrogens (tertiary/aromatic N) is 4. The Kier molecular flexibility index (Phi) is 4.75. The zero-order valence-electron chi connectivity index (χ0n) is 15.3. The Bertz CT molecular complexity index is 900. The number of rotatable bonds is 6. The minimum Gasteiger partial charge on any atom is -0.493 e. The third-order valence-electron chi connectivity index (χ3n) is 5.04. The van der Waals surface area contributed by atoms with Gasteiger partial charge in [-0.2, -0.15) is 5.10 Å². The second-order valence-corrected chi connectivity index (χ2v) is 6.62. The van der Waals surface area contributed by atoms with Crippen molar-refractivity contribution in [3.8, 4) is 22.6 Å². The second kappa shape index (κ2) is 7.33. The van der Waals surface area contributed by atoms with Gasteiger partial charge in [-0.05, 0) is 43.6 Å². The molecule has 0 aliphatic carbocycles. The number of fused-ring (bicyclic) bond motifs is 1. The molecule has 1 aliphatic heterocycles. The van der Waals surface area contributed by atoms with Gasteiger partial charge in [0, 0.05) is 36.0 Å². The van der Waals surface area contributed by atoms with Crippen molar-refractivity contribution in [3.05, 3.63) is 36.8 Å². The number of methoxy groups -OCH3 is 2. The Balaban J connectivity index is 1.63. The Morgan fingerprint density at radius 2 is 1.81 bits per heavy atom. The largest absolute Gasteiger partial charge is 0.493 e. The fourth-order valence-corrected chi connectivity index (χ4v) is 3.60. The first kappa shape index (κ1) is 16.8. The molecule has 1 aliphatic rings. The number of pyridine rings is 1. The molecule has 0 radical (unpaired) electrons. The summed E-state index contributed by atoms with van der Waals surface area (Å²) in [5.74, 6) is 1.39. The molecule has 4 rings (SSSR count). The number of likely N-dealkylation sites (tertiary alicyclic amines) is 1. The van der Waals surface area contributed by atoms with Gasteiger partial charge in [-0.15, -0.1) is 0 Å². The molecular weight excluding hydrogens is 328 g/mol. The standard InChI is InChI=1S/C20H24N4O2/c1-25-19-11-17-16(5-6-21-18(17)12-20(19)26-2)15-13-22-24(14-15)10-9-23-7-3-4-8-23/h5-6,11-14H,3-4,7-10H2,1-2H3. The fourth-order valence-electron chi connectivity index (χ4n) is 3.60. The average Bonchev–Trinajstić information content (AvgIpc) is 3.36. The van der Waals surface area contributed by atoms with Crippen molar-refractivity contribution in [1.29, 1.82) is 0 Å². The molecule has 0 saturated carbocycles. The molecule has 1 saturated heterocycles. The molecule has 0 bridgehead atoms. The number of aromatic nitrogens is 3. The van der Waals surface area contributed by atoms with E-state index >= 15 is 0 Å². The van der Waals surface area contributed by atoms with E-state index in [4.69, 9.17) is 9.47 Å². The van der Waals surface area contributed by atoms with Crippen LogP contribution in [0.25, 0.3) is 22.0 Å². The van der Waals surface area contributed by atoms with Crippen LogP contribution in [0.5, 0.6) is 11.5 Å². The quantitative estimate of drug-likeness (QED) is 0.682. The van der Waals surface area contributed by atoms with Gasteiger partial charge in [0.25, 0.3) is 0 Å². The van der Waals surface area contributed by atoms with Crippen molar-refractivity contribution in [2.24, 2.45) is 0 Å². The Morgan fingerprint density at radius 1 is 1.04 bits per heavy atom. The summed E-state index contributed by atoms with van der Waals surface area (Å²) in [7, 11) is 3.29. The molecule has 136 valence electrons. The highest BCUT2D eigenvalue weighted by Crippen LogP contribution is 2.35. The highest BCUT2D eigenvalue weighted by atomic mass is 16.5. The first-order valence-electron chi connectivity index (χ1n) is 9.04. The van der Waals surface area contributed by atoms with Crippen molar-refractivity contribution in [2.75, 3.05) is 33.9 Å². The lowest BCUT2D eigenvalue weighted by molar-refractivity contribution is 0.316. The highest BCUT2D eigenvalue weighted by Gasteiger charge is 2.14. The van der Waals surface area contributed by atoms with Crippen molar-refractivity contribution in [1.82, 2.24) is 19.7 Å². The normalized spacial score (nSPS) is 14.8. The molecule has 1 aromatic carbocycles. The van der Waals surface area contributed by atoms with E-state index in [0.717, 1.165) is 35.1 Å². The van der Waals surface area contributed by atoms with Crippen molar-refractivity contribution in [3.63, 3.8) is 0 Å². The van der Waals surface area contributed by atoms with Gasteiger partial charge in [-0.25, -0.2) is 0 Å². The van der Waals surface area contributed by atoms with Crippen LogP contribution < -0.4 is 9.47 Å². The molecule has 0 spiro atoms. The third-order valence-corrected chi connectivity index (χ3v) is 5.04. The van der Waals surface area contributed by atoms with Crippen LogP contribution in [0.4, 0.5) is 0 Å². The third kappa shape index (κ3) is 3.24. The number of hydrogen-bond donors (Lipinski definition) is 0. The molecule has 1 fully saturated rings. The van der Waals surface area contributed by atoms with E-state index in [1.54, 1.807) is 14.2 Å². The number of hydrogen-bond acceptors (Lipinski definition) is 5. The highest BCUT2D eigenvalue weighted by molar-refractivity contribution is 5.96. The van der Waals surface area contributed by atoms with Crippen molar-refractivity contribution in [2.45, 2.75) is 19.4 Å². The van der Waals surface area contributed by atoms with Gasteiger partial charge in [0.2, 0.25) is 0 Å². The van der Waals surface area contributed by atoms with Crippen LogP contribution in [-0.4, -0.2) is 53.5 Å². The summed E-state index contributed by atoms with van der Waals surface area (Å²) in [6, 6.07) is 5.92. The summed E-state index contributed by atoms with van der Waals surface area (Å²) in [5, 5.41) is 5.58. The van der Waals surface area contributed by atoms with Gasteiger partial charge in [0.15, 0.2) is 11.5 Å². The first-order chi connectivity index (χ1) is 12.8. The van der Waals surface area contributed by atoms with E-state index in [1.165, 1.54) is 25.9 Å². The Labute approximate surface area is 153 Å². The van der Waals surface area contributed by atoms with Gasteiger partial charge in [-0.3, -0.25) is 9.67 Å². The Morgan fingerprint density at radius 3 is 2.58 bits per heavy atom. The van der Waals surface area contributed by atoms with Crippen LogP contribution in [-0.2, 0) is 6.54 Å². The van der Waals surface area contributed by atoms with E-state index in [1.807, 2.05) is 35.3 Å². The van der Waals surface area contributed by atoms with Crippen LogP contribution in [0.1, 0.15) is 12.8 Å². The Hall–Kier alpha value is -2.60. The molecule has 0 N–H and O–H groups in total. The van der Waals surface area contributed by atoms with Gasteiger partial charge in [0.05, 0.1) is 32.5 Å². The summed E-state index contributed by atoms with van der Waals surface area (Å²) >= 11 is 0. The maximum Gasteiger partial charge on any atom is 0.162 e. The predicted octanol–water partition coefficient (Wildman–Crippen LogP) is 3.21. The van der Waals surface area contributed by atoms with Crippen LogP contribution in [0.2, 0.25) is 0 Å². The molecule has 0 amide bonds. The molecular formula is C20H24N4O2. The van der Waals surface area contributed by atoms with E-state index in [2.05, 4.69) is 21.2 Å². The smallest absolute Gasteiger partial charge is 0.162 e. The number of benzene rings is 1. The maximum atomic E-state index is 5.46. The van der Waals surface area contributed by atoms with Crippen LogP contribution in [0, 0.1) is 0 Å². The maximum absolute atomic E-state index is 5.46. The summed E-state index contributed by atoms with van der Waals surface area (Å²) in [4.78, 5) is 6.98. The fraction of sp³-hybridized carbons (Fsp3) is 0.400. The van der Waals surface area contributed by atoms with Crippen LogP contribution in [0.3, 0.4) is 0 Å². The van der Waals surface area contributed by atoms with Gasteiger partial charge < -0.3 is 14.4 Å². The first-order valence-corrected chi connectivity index (χ1v) is 9.04. The summed E-state index contributed by atoms with van der Waals surface area (Å²) in [6.07, 6.45) is 8.50. The van der Waals surface area contributed by atoms with Gasteiger partial charge >= 0.3 is 0 Å². The van der Waals surface area contributed by atoms with E-state index in [9.17, 15) is 0 Å². The van der Waals surface area contributed by atoms with E-state index in [0.29, 0.717) is 11.5 Å². The average molecular weight is 352 g/mol. The lowest BCUT2D eigenvalue weighted by Crippen LogP contribution is -2.24. The molecule has 0 unspecified atom stereocenters. The lowest BCUT2D eigenvalue weighted by Gasteiger charge is -2.13. The zero-order valence-corrected chi connectivity index (χ0v) is 15.3. The molecule has 0 atom stereocenters. The molecule has 2 aromatic heterocycles. The van der Waals surface area contributed by atoms with Crippen molar-refractivity contribution >= 4 is 10.9 Å². The molecule has 3 heterocycles. The summed E-state index contributed by atoms with van der Waals surface area (Å²) in [5.41, 5.74) is 3.07. The van der Waals surface area contributed by atoms with Crippen LogP contribution >= 0.6 is 0 Å². The summed E-state index contributed by atoms with van der Waals surface area (Å²) < 4.78 is 12.9. The van der Waals surface area contributed by atoms with E-state index in [-0.39, 0.29) is 0 Å². The molecule has 6 heteroatoms. The molecule has 3 aromatic rings. The minimum atomic E-state index is 0.686. The molecule has 6 nitrogen and oxygen atoms in total. The number of ether oxygens (including phenoxy) is 2. The SMILES string of the molecule is COc1cc2nccc(-c3cnn(CCN4CCCC4)c3)c2cc1OC. The minimum absolute atomic E-state index is 0.686. The second-order valence-electron chi connectivity index (χ2n) is 6.62. The lowest BCUT2D eigenvalue weighted by atomic mass is 10.0. The van der Waals surface area contributed by atoms with Crippen LogP contribution in [0.15, 0.2) is 36.8 Å². The zero-order chi connectivity index (χ0) is 17.9. The van der Waals surface area contributed by atoms with Gasteiger partial charge in [-0.1, -0.05) is 0 Å². The van der Waals surface area contributed by atoms with Gasteiger partial charge in [0.1, 0.15) is 0 Å². The van der Waals surface area contributed by atoms with Crippen molar-refractivity contribution < 1.29 is 9.47 Å². The summed E-state index contributed by atoms with van der Waals surface area (Å²) in [6.45, 7) is 4.40.